The minimum atomic E-state index is -0.681. The second-order valence-electron chi connectivity index (χ2n) is 4.78. The van der Waals surface area contributed by atoms with Crippen molar-refractivity contribution in [2.24, 2.45) is 5.92 Å². The van der Waals surface area contributed by atoms with E-state index < -0.39 is 5.54 Å². The summed E-state index contributed by atoms with van der Waals surface area (Å²) < 4.78 is 0. The number of nitrogens with zero attached hydrogens (tertiary/aromatic N) is 1. The topological polar surface area (TPSA) is 61.4 Å². The normalized spacial score (nSPS) is 24.7. The summed E-state index contributed by atoms with van der Waals surface area (Å²) >= 11 is 0. The summed E-state index contributed by atoms with van der Waals surface area (Å²) in [5.74, 6) is 0.392. The summed E-state index contributed by atoms with van der Waals surface area (Å²) in [7, 11) is 0. The van der Waals surface area contributed by atoms with Crippen molar-refractivity contribution in [1.82, 2.24) is 15.5 Å². The van der Waals surface area contributed by atoms with Gasteiger partial charge in [0, 0.05) is 26.2 Å². The van der Waals surface area contributed by atoms with Crippen LogP contribution in [-0.4, -0.2) is 48.9 Å². The van der Waals surface area contributed by atoms with Crippen LogP contribution < -0.4 is 10.6 Å². The van der Waals surface area contributed by atoms with Crippen molar-refractivity contribution in [3.8, 4) is 0 Å². The average Bonchev–Trinajstić information content (AvgIpc) is 3.13. The van der Waals surface area contributed by atoms with E-state index in [1.807, 2.05) is 11.8 Å². The SMILES string of the molecule is CC(NC=O)(C(=O)N1CCNCC1)C1CC1. The van der Waals surface area contributed by atoms with E-state index in [1.54, 1.807) is 0 Å². The van der Waals surface area contributed by atoms with Crippen molar-refractivity contribution in [2.45, 2.75) is 25.3 Å². The summed E-state index contributed by atoms with van der Waals surface area (Å²) in [6.07, 6.45) is 2.72. The summed E-state index contributed by atoms with van der Waals surface area (Å²) in [5, 5.41) is 5.94. The van der Waals surface area contributed by atoms with Crippen LogP contribution in [0.5, 0.6) is 0 Å². The molecule has 2 aliphatic rings. The Morgan fingerprint density at radius 1 is 1.44 bits per heavy atom. The van der Waals surface area contributed by atoms with E-state index in [-0.39, 0.29) is 5.91 Å². The van der Waals surface area contributed by atoms with Crippen molar-refractivity contribution < 1.29 is 9.59 Å². The lowest BCUT2D eigenvalue weighted by Gasteiger charge is -2.36. The Bertz CT molecular complexity index is 285. The Labute approximate surface area is 95.6 Å². The zero-order valence-corrected chi connectivity index (χ0v) is 9.66. The van der Waals surface area contributed by atoms with Gasteiger partial charge in [-0.25, -0.2) is 0 Å². The van der Waals surface area contributed by atoms with Gasteiger partial charge in [0.15, 0.2) is 0 Å². The Morgan fingerprint density at radius 2 is 2.06 bits per heavy atom. The van der Waals surface area contributed by atoms with E-state index in [4.69, 9.17) is 0 Å². The van der Waals surface area contributed by atoms with Crippen molar-refractivity contribution in [3.63, 3.8) is 0 Å². The predicted molar refractivity (Wildman–Crippen MR) is 59.8 cm³/mol. The van der Waals surface area contributed by atoms with Gasteiger partial charge >= 0.3 is 0 Å². The maximum absolute atomic E-state index is 12.4. The molecule has 90 valence electrons. The molecule has 16 heavy (non-hydrogen) atoms. The fourth-order valence-electron chi connectivity index (χ4n) is 2.33. The van der Waals surface area contributed by atoms with E-state index in [2.05, 4.69) is 10.6 Å². The molecule has 0 aromatic carbocycles. The maximum Gasteiger partial charge on any atom is 0.248 e. The molecule has 1 saturated heterocycles. The fourth-order valence-corrected chi connectivity index (χ4v) is 2.33. The van der Waals surface area contributed by atoms with Gasteiger partial charge in [-0.3, -0.25) is 9.59 Å². The zero-order valence-electron chi connectivity index (χ0n) is 9.66. The van der Waals surface area contributed by atoms with Crippen LogP contribution in [0.25, 0.3) is 0 Å². The van der Waals surface area contributed by atoms with Crippen molar-refractivity contribution in [2.75, 3.05) is 26.2 Å². The van der Waals surface area contributed by atoms with Crippen LogP contribution >= 0.6 is 0 Å². The number of piperazine rings is 1. The minimum Gasteiger partial charge on any atom is -0.344 e. The second-order valence-corrected chi connectivity index (χ2v) is 4.78. The number of carbonyl (C=O) groups is 2. The molecule has 1 unspecified atom stereocenters. The third-order valence-electron chi connectivity index (χ3n) is 3.60. The molecule has 0 bridgehead atoms. The van der Waals surface area contributed by atoms with E-state index in [9.17, 15) is 9.59 Å². The van der Waals surface area contributed by atoms with Gasteiger partial charge in [-0.2, -0.15) is 0 Å². The van der Waals surface area contributed by atoms with Gasteiger partial charge in [0.05, 0.1) is 0 Å². The monoisotopic (exact) mass is 225 g/mol. The first-order valence-corrected chi connectivity index (χ1v) is 5.90. The van der Waals surface area contributed by atoms with Gasteiger partial charge in [0.2, 0.25) is 12.3 Å². The standard InChI is InChI=1S/C11H19N3O2/c1-11(13-8-15,9-2-3-9)10(16)14-6-4-12-5-7-14/h8-9,12H,2-7H2,1H3,(H,13,15). The fraction of sp³-hybridized carbons (Fsp3) is 0.818. The molecule has 1 aliphatic carbocycles. The molecular weight excluding hydrogens is 206 g/mol. The minimum absolute atomic E-state index is 0.0728. The zero-order chi connectivity index (χ0) is 11.6. The highest BCUT2D eigenvalue weighted by atomic mass is 16.2. The number of amides is 2. The van der Waals surface area contributed by atoms with Gasteiger partial charge in [-0.1, -0.05) is 0 Å². The molecule has 0 aromatic heterocycles. The van der Waals surface area contributed by atoms with E-state index in [0.29, 0.717) is 12.3 Å². The van der Waals surface area contributed by atoms with Gasteiger partial charge < -0.3 is 15.5 Å². The van der Waals surface area contributed by atoms with Crippen LogP contribution in [0, 0.1) is 5.92 Å². The molecule has 0 aromatic rings. The molecular formula is C11H19N3O2. The summed E-state index contributed by atoms with van der Waals surface area (Å²) in [5.41, 5.74) is -0.681. The lowest BCUT2D eigenvalue weighted by atomic mass is 9.93. The van der Waals surface area contributed by atoms with Crippen molar-refractivity contribution in [1.29, 1.82) is 0 Å². The van der Waals surface area contributed by atoms with Crippen molar-refractivity contribution >= 4 is 12.3 Å². The van der Waals surface area contributed by atoms with Crippen LogP contribution in [0.2, 0.25) is 0 Å². The summed E-state index contributed by atoms with van der Waals surface area (Å²) in [6, 6.07) is 0. The Kier molecular flexibility index (Phi) is 3.14. The first kappa shape index (κ1) is 11.4. The summed E-state index contributed by atoms with van der Waals surface area (Å²) in [4.78, 5) is 24.9. The van der Waals surface area contributed by atoms with Gasteiger partial charge in [-0.05, 0) is 25.7 Å². The molecule has 2 fully saturated rings. The third-order valence-corrected chi connectivity index (χ3v) is 3.60. The Morgan fingerprint density at radius 3 is 2.56 bits per heavy atom. The van der Waals surface area contributed by atoms with E-state index in [1.165, 1.54) is 0 Å². The number of hydrogen-bond acceptors (Lipinski definition) is 3. The lowest BCUT2D eigenvalue weighted by molar-refractivity contribution is -0.140. The predicted octanol–water partition coefficient (Wildman–Crippen LogP) is -0.667. The average molecular weight is 225 g/mol. The van der Waals surface area contributed by atoms with Gasteiger partial charge in [0.25, 0.3) is 0 Å². The number of rotatable bonds is 4. The van der Waals surface area contributed by atoms with Gasteiger partial charge in [-0.15, -0.1) is 0 Å². The molecule has 1 saturated carbocycles. The van der Waals surface area contributed by atoms with Crippen LogP contribution in [0.3, 0.4) is 0 Å². The second kappa shape index (κ2) is 4.41. The van der Waals surface area contributed by atoms with E-state index >= 15 is 0 Å². The van der Waals surface area contributed by atoms with Crippen LogP contribution in [0.15, 0.2) is 0 Å². The molecule has 1 aliphatic heterocycles. The largest absolute Gasteiger partial charge is 0.344 e. The maximum atomic E-state index is 12.4. The molecule has 5 nitrogen and oxygen atoms in total. The van der Waals surface area contributed by atoms with Gasteiger partial charge in [0.1, 0.15) is 5.54 Å². The van der Waals surface area contributed by atoms with Crippen molar-refractivity contribution in [3.05, 3.63) is 0 Å². The number of hydrogen-bond donors (Lipinski definition) is 2. The highest BCUT2D eigenvalue weighted by Crippen LogP contribution is 2.40. The van der Waals surface area contributed by atoms with Crippen LogP contribution in [-0.2, 0) is 9.59 Å². The smallest absolute Gasteiger partial charge is 0.248 e. The molecule has 0 spiro atoms. The highest BCUT2D eigenvalue weighted by molar-refractivity contribution is 5.88. The number of nitrogens with one attached hydrogen (secondary N) is 2. The lowest BCUT2D eigenvalue weighted by Crippen LogP contribution is -2.60. The highest BCUT2D eigenvalue weighted by Gasteiger charge is 2.48. The number of carbonyl (C=O) groups excluding carboxylic acids is 2. The molecule has 2 amide bonds. The van der Waals surface area contributed by atoms with Crippen LogP contribution in [0.1, 0.15) is 19.8 Å². The first-order valence-electron chi connectivity index (χ1n) is 5.90. The third kappa shape index (κ3) is 2.04. The molecule has 0 radical (unpaired) electrons. The molecule has 5 heteroatoms. The Hall–Kier alpha value is -1.10. The molecule has 1 atom stereocenters. The quantitative estimate of drug-likeness (QED) is 0.624. The van der Waals surface area contributed by atoms with E-state index in [0.717, 1.165) is 39.0 Å². The first-order chi connectivity index (χ1) is 7.68. The van der Waals surface area contributed by atoms with Crippen LogP contribution in [0.4, 0.5) is 0 Å². The summed E-state index contributed by atoms with van der Waals surface area (Å²) in [6.45, 7) is 5.01. The molecule has 2 N–H and O–H groups in total. The Balaban J connectivity index is 2.06. The molecule has 1 heterocycles. The molecule has 2 rings (SSSR count).